The van der Waals surface area contributed by atoms with E-state index in [1.807, 2.05) is 25.1 Å². The predicted octanol–water partition coefficient (Wildman–Crippen LogP) is 1.01. The maximum absolute atomic E-state index is 12.3. The number of hydrogen-bond donors (Lipinski definition) is 3. The molecule has 2 fully saturated rings. The minimum Gasteiger partial charge on any atom is -0.396 e. The van der Waals surface area contributed by atoms with Gasteiger partial charge in [0.1, 0.15) is 11.9 Å². The monoisotopic (exact) mass is 430 g/mol. The molecule has 0 aliphatic carbocycles. The van der Waals surface area contributed by atoms with Crippen molar-refractivity contribution in [2.24, 2.45) is 5.92 Å². The zero-order valence-corrected chi connectivity index (χ0v) is 17.6. The molecule has 0 spiro atoms. The molecule has 2 heterocycles. The fourth-order valence-corrected chi connectivity index (χ4v) is 4.02. The second-order valence-corrected chi connectivity index (χ2v) is 8.41. The van der Waals surface area contributed by atoms with Gasteiger partial charge in [-0.2, -0.15) is 0 Å². The summed E-state index contributed by atoms with van der Waals surface area (Å²) in [4.78, 5) is 24.3. The average Bonchev–Trinajstić information content (AvgIpc) is 3.50. The Morgan fingerprint density at radius 3 is 2.61 bits per heavy atom. The molecule has 0 saturated carbocycles. The first-order chi connectivity index (χ1) is 14.9. The molecular formula is C24H30O7. The topological polar surface area (TPSA) is 117 Å². The summed E-state index contributed by atoms with van der Waals surface area (Å²) in [5, 5.41) is 29.5. The standard InChI is InChI=1S/C24H30O7/c1-15(9-10-25)24-22(31-24)14-19-13-20(28)23(29)21(30-19)12-18(27)11-17(26)8-7-16-5-3-2-4-6-16/h2-6,15,19-25,28-29H,9-14H2,1H3/t15-,19-,20+,21-,22-,23+,24-/m0/s1. The molecular weight excluding hydrogens is 400 g/mol. The van der Waals surface area contributed by atoms with E-state index in [0.717, 1.165) is 0 Å². The highest BCUT2D eigenvalue weighted by atomic mass is 16.6. The first-order valence-corrected chi connectivity index (χ1v) is 10.8. The molecule has 7 nitrogen and oxygen atoms in total. The molecule has 0 aromatic heterocycles. The van der Waals surface area contributed by atoms with Crippen LogP contribution < -0.4 is 0 Å². The number of carbonyl (C=O) groups is 2. The van der Waals surface area contributed by atoms with Gasteiger partial charge in [0.05, 0.1) is 36.9 Å². The van der Waals surface area contributed by atoms with Gasteiger partial charge < -0.3 is 24.8 Å². The fraction of sp³-hybridized carbons (Fsp3) is 0.583. The van der Waals surface area contributed by atoms with Crippen LogP contribution in [-0.4, -0.2) is 70.1 Å². The van der Waals surface area contributed by atoms with Crippen LogP contribution in [0.2, 0.25) is 0 Å². The number of aliphatic hydroxyl groups is 3. The summed E-state index contributed by atoms with van der Waals surface area (Å²) in [7, 11) is 0. The number of ether oxygens (including phenoxy) is 2. The normalized spacial score (nSPS) is 30.7. The first kappa shape index (κ1) is 23.6. The largest absolute Gasteiger partial charge is 0.396 e. The summed E-state index contributed by atoms with van der Waals surface area (Å²) in [5.41, 5.74) is 0.689. The summed E-state index contributed by atoms with van der Waals surface area (Å²) in [5.74, 6) is 4.53. The fourth-order valence-electron chi connectivity index (χ4n) is 4.02. The molecule has 3 rings (SSSR count). The molecule has 1 aromatic carbocycles. The van der Waals surface area contributed by atoms with E-state index in [-0.39, 0.29) is 55.9 Å². The molecule has 7 atom stereocenters. The number of benzene rings is 1. The van der Waals surface area contributed by atoms with Crippen LogP contribution in [0.3, 0.4) is 0 Å². The molecule has 0 amide bonds. The quantitative estimate of drug-likeness (QED) is 0.304. The summed E-state index contributed by atoms with van der Waals surface area (Å²) in [6.07, 6.45) is -2.42. The van der Waals surface area contributed by atoms with Crippen LogP contribution in [-0.2, 0) is 19.1 Å². The van der Waals surface area contributed by atoms with E-state index in [4.69, 9.17) is 14.6 Å². The molecule has 0 unspecified atom stereocenters. The van der Waals surface area contributed by atoms with Gasteiger partial charge >= 0.3 is 0 Å². The minimum atomic E-state index is -1.19. The van der Waals surface area contributed by atoms with E-state index in [2.05, 4.69) is 11.8 Å². The van der Waals surface area contributed by atoms with Crippen molar-refractivity contribution in [1.82, 2.24) is 0 Å². The van der Waals surface area contributed by atoms with Gasteiger partial charge in [0, 0.05) is 31.4 Å². The molecule has 2 saturated heterocycles. The van der Waals surface area contributed by atoms with Crippen LogP contribution in [0.5, 0.6) is 0 Å². The van der Waals surface area contributed by atoms with Crippen molar-refractivity contribution in [2.75, 3.05) is 6.61 Å². The zero-order valence-electron chi connectivity index (χ0n) is 17.6. The maximum atomic E-state index is 12.3. The Bertz CT molecular complexity index is 812. The zero-order chi connectivity index (χ0) is 22.4. The van der Waals surface area contributed by atoms with Gasteiger partial charge in [0.2, 0.25) is 5.78 Å². The van der Waals surface area contributed by atoms with Crippen LogP contribution >= 0.6 is 0 Å². The second-order valence-electron chi connectivity index (χ2n) is 8.41. The van der Waals surface area contributed by atoms with Crippen molar-refractivity contribution >= 4 is 11.6 Å². The van der Waals surface area contributed by atoms with Crippen molar-refractivity contribution in [1.29, 1.82) is 0 Å². The van der Waals surface area contributed by atoms with Crippen LogP contribution in [0.15, 0.2) is 30.3 Å². The van der Waals surface area contributed by atoms with Gasteiger partial charge in [-0.15, -0.1) is 0 Å². The number of epoxide rings is 1. The van der Waals surface area contributed by atoms with Crippen LogP contribution in [0, 0.1) is 17.8 Å². The lowest BCUT2D eigenvalue weighted by Gasteiger charge is -2.37. The SMILES string of the molecule is C[C@@H](CCO)[C@@H]1O[C@H]1C[C@@H]1C[C@@H](O)[C@@H](O)[C@H](CC(=O)CC(=O)C#Cc2ccccc2)O1. The number of ketones is 2. The Balaban J connectivity index is 1.48. The minimum absolute atomic E-state index is 0.0137. The third-order valence-electron chi connectivity index (χ3n) is 5.82. The van der Waals surface area contributed by atoms with E-state index in [9.17, 15) is 19.8 Å². The predicted molar refractivity (Wildman–Crippen MR) is 112 cm³/mol. The summed E-state index contributed by atoms with van der Waals surface area (Å²) in [6.45, 7) is 2.12. The van der Waals surface area contributed by atoms with Gasteiger partial charge in [0.15, 0.2) is 0 Å². The highest BCUT2D eigenvalue weighted by molar-refractivity contribution is 6.08. The highest BCUT2D eigenvalue weighted by Crippen LogP contribution is 2.37. The van der Waals surface area contributed by atoms with Crippen LogP contribution in [0.4, 0.5) is 0 Å². The molecule has 7 heteroatoms. The molecule has 31 heavy (non-hydrogen) atoms. The van der Waals surface area contributed by atoms with E-state index < -0.39 is 24.1 Å². The lowest BCUT2D eigenvalue weighted by atomic mass is 9.91. The Kier molecular flexibility index (Phi) is 8.35. The molecule has 0 bridgehead atoms. The first-order valence-electron chi connectivity index (χ1n) is 10.8. The van der Waals surface area contributed by atoms with Gasteiger partial charge in [-0.3, -0.25) is 9.59 Å². The van der Waals surface area contributed by atoms with Crippen LogP contribution in [0.25, 0.3) is 0 Å². The van der Waals surface area contributed by atoms with Gasteiger partial charge in [0.25, 0.3) is 0 Å². The van der Waals surface area contributed by atoms with Gasteiger partial charge in [-0.25, -0.2) is 0 Å². The second kappa shape index (κ2) is 11.0. The summed E-state index contributed by atoms with van der Waals surface area (Å²) < 4.78 is 11.5. The van der Waals surface area contributed by atoms with Gasteiger partial charge in [-0.05, 0) is 30.4 Å². The lowest BCUT2D eigenvalue weighted by Crippen LogP contribution is -2.49. The Labute approximate surface area is 182 Å². The Morgan fingerprint density at radius 1 is 1.16 bits per heavy atom. The lowest BCUT2D eigenvalue weighted by molar-refractivity contribution is -0.174. The van der Waals surface area contributed by atoms with Gasteiger partial charge in [-0.1, -0.05) is 31.0 Å². The number of aliphatic hydroxyl groups excluding tert-OH is 3. The van der Waals surface area contributed by atoms with Crippen molar-refractivity contribution in [2.45, 2.75) is 75.7 Å². The highest BCUT2D eigenvalue weighted by Gasteiger charge is 2.46. The molecule has 3 N–H and O–H groups in total. The third kappa shape index (κ3) is 6.96. The van der Waals surface area contributed by atoms with Crippen molar-refractivity contribution in [3.05, 3.63) is 35.9 Å². The molecule has 2 aliphatic heterocycles. The molecule has 1 aromatic rings. The third-order valence-corrected chi connectivity index (χ3v) is 5.82. The van der Waals surface area contributed by atoms with Crippen molar-refractivity contribution < 1.29 is 34.4 Å². The Morgan fingerprint density at radius 2 is 1.90 bits per heavy atom. The molecule has 2 aliphatic rings. The smallest absolute Gasteiger partial charge is 0.213 e. The number of rotatable bonds is 9. The number of Topliss-reactive ketones (excluding diaryl/α,β-unsaturated/α-hetero) is 2. The number of carbonyl (C=O) groups excluding carboxylic acids is 2. The maximum Gasteiger partial charge on any atom is 0.213 e. The van der Waals surface area contributed by atoms with E-state index >= 15 is 0 Å². The van der Waals surface area contributed by atoms with Crippen LogP contribution in [0.1, 0.15) is 44.6 Å². The van der Waals surface area contributed by atoms with E-state index in [1.165, 1.54) is 0 Å². The number of hydrogen-bond acceptors (Lipinski definition) is 7. The summed E-state index contributed by atoms with van der Waals surface area (Å²) in [6, 6.07) is 9.01. The van der Waals surface area contributed by atoms with Crippen molar-refractivity contribution in [3.8, 4) is 11.8 Å². The summed E-state index contributed by atoms with van der Waals surface area (Å²) >= 11 is 0. The molecule has 0 radical (unpaired) electrons. The van der Waals surface area contributed by atoms with E-state index in [0.29, 0.717) is 18.4 Å². The Hall–Kier alpha value is -2.08. The van der Waals surface area contributed by atoms with Crippen molar-refractivity contribution in [3.63, 3.8) is 0 Å². The van der Waals surface area contributed by atoms with E-state index in [1.54, 1.807) is 12.1 Å². The average molecular weight is 430 g/mol. The molecule has 168 valence electrons.